The van der Waals surface area contributed by atoms with E-state index < -0.39 is 54.3 Å². The average Bonchev–Trinajstić information content (AvgIpc) is 2.45. The fourth-order valence-corrected chi connectivity index (χ4v) is 4.55. The van der Waals surface area contributed by atoms with Gasteiger partial charge >= 0.3 is 29.4 Å². The zero-order valence-corrected chi connectivity index (χ0v) is 13.8. The summed E-state index contributed by atoms with van der Waals surface area (Å²) in [5.41, 5.74) is 0. The monoisotopic (exact) mass is 408 g/mol. The second-order valence-corrected chi connectivity index (χ2v) is 8.74. The average molecular weight is 408 g/mol. The summed E-state index contributed by atoms with van der Waals surface area (Å²) >= 11 is 0. The minimum absolute atomic E-state index is 0.925. The van der Waals surface area contributed by atoms with E-state index in [9.17, 15) is 27.6 Å². The summed E-state index contributed by atoms with van der Waals surface area (Å²) in [6.07, 6.45) is -5.87. The summed E-state index contributed by atoms with van der Waals surface area (Å²) in [5.74, 6) is -3.66. The van der Waals surface area contributed by atoms with Gasteiger partial charge in [0.2, 0.25) is 0 Å². The first kappa shape index (κ1) is 21.2. The molecule has 0 saturated carbocycles. The molecule has 1 aliphatic heterocycles. The summed E-state index contributed by atoms with van der Waals surface area (Å²) < 4.78 is 74.8. The Kier molecular flexibility index (Phi) is 6.31. The van der Waals surface area contributed by atoms with Crippen molar-refractivity contribution in [3.63, 3.8) is 0 Å². The molecule has 2 unspecified atom stereocenters. The van der Waals surface area contributed by atoms with E-state index in [1.54, 1.807) is 0 Å². The lowest BCUT2D eigenvalue weighted by atomic mass is 10.1. The highest BCUT2D eigenvalue weighted by atomic mass is 31.3. The minimum Gasteiger partial charge on any atom is -0.384 e. The number of aliphatic hydroxyl groups excluding tert-OH is 1. The van der Waals surface area contributed by atoms with Crippen LogP contribution in [-0.4, -0.2) is 55.5 Å². The molecule has 0 aliphatic carbocycles. The Bertz CT molecular complexity index is 575. The SMILES string of the molecule is C[C@@H]1O[C@H](COP(=O)(O)OP(=O)(O)OP(=O)(O)O)[C@H](O)C1(F)F. The molecule has 23 heavy (non-hydrogen) atoms. The summed E-state index contributed by atoms with van der Waals surface area (Å²) in [7, 11) is -16.7. The number of aliphatic hydroxyl groups is 1. The fourth-order valence-electron chi connectivity index (χ4n) is 1.52. The molecule has 0 bridgehead atoms. The van der Waals surface area contributed by atoms with E-state index in [2.05, 4.69) is 17.9 Å². The van der Waals surface area contributed by atoms with Crippen molar-refractivity contribution in [3.8, 4) is 0 Å². The van der Waals surface area contributed by atoms with Crippen molar-refractivity contribution in [1.82, 2.24) is 0 Å². The Morgan fingerprint density at radius 2 is 1.61 bits per heavy atom. The molecule has 1 fully saturated rings. The maximum absolute atomic E-state index is 13.3. The van der Waals surface area contributed by atoms with Crippen LogP contribution in [0.3, 0.4) is 0 Å². The van der Waals surface area contributed by atoms with Crippen molar-refractivity contribution < 1.29 is 65.0 Å². The van der Waals surface area contributed by atoms with Crippen LogP contribution in [0.1, 0.15) is 6.92 Å². The number of rotatable bonds is 7. The summed E-state index contributed by atoms with van der Waals surface area (Å²) in [5, 5.41) is 9.27. The van der Waals surface area contributed by atoms with Crippen LogP contribution < -0.4 is 0 Å². The van der Waals surface area contributed by atoms with Crippen LogP contribution in [0.25, 0.3) is 0 Å². The molecule has 0 aromatic rings. The van der Waals surface area contributed by atoms with E-state index in [1.807, 2.05) is 0 Å². The van der Waals surface area contributed by atoms with Gasteiger partial charge in [-0.05, 0) is 6.92 Å². The van der Waals surface area contributed by atoms with E-state index >= 15 is 0 Å². The van der Waals surface area contributed by atoms with Gasteiger partial charge in [0.15, 0.2) is 0 Å². The van der Waals surface area contributed by atoms with Gasteiger partial charge in [-0.15, -0.1) is 0 Å². The van der Waals surface area contributed by atoms with E-state index in [4.69, 9.17) is 19.6 Å². The second kappa shape index (κ2) is 6.83. The van der Waals surface area contributed by atoms with Gasteiger partial charge in [0.05, 0.1) is 6.61 Å². The molecular weight excluding hydrogens is 395 g/mol. The van der Waals surface area contributed by atoms with Gasteiger partial charge in [-0.3, -0.25) is 4.52 Å². The molecule has 1 rings (SSSR count). The molecule has 0 radical (unpaired) electrons. The van der Waals surface area contributed by atoms with Gasteiger partial charge in [-0.25, -0.2) is 22.5 Å². The lowest BCUT2D eigenvalue weighted by molar-refractivity contribution is -0.106. The van der Waals surface area contributed by atoms with E-state index in [0.717, 1.165) is 6.92 Å². The Balaban J connectivity index is 2.65. The number of ether oxygens (including phenoxy) is 1. The van der Waals surface area contributed by atoms with Gasteiger partial charge in [0, 0.05) is 0 Å². The number of alkyl halides is 2. The molecule has 0 aromatic carbocycles. The van der Waals surface area contributed by atoms with Crippen LogP contribution in [0.2, 0.25) is 0 Å². The fraction of sp³-hybridized carbons (Fsp3) is 1.00. The molecule has 0 aromatic heterocycles. The number of halogens is 2. The largest absolute Gasteiger partial charge is 0.490 e. The van der Waals surface area contributed by atoms with Crippen LogP contribution in [0.15, 0.2) is 0 Å². The molecule has 138 valence electrons. The third-order valence-electron chi connectivity index (χ3n) is 2.49. The maximum atomic E-state index is 13.3. The highest BCUT2D eigenvalue weighted by Crippen LogP contribution is 2.66. The van der Waals surface area contributed by atoms with E-state index in [0.29, 0.717) is 0 Å². The molecule has 1 saturated heterocycles. The van der Waals surface area contributed by atoms with Crippen molar-refractivity contribution in [3.05, 3.63) is 0 Å². The molecular formula is C6H13F2O12P3. The third-order valence-corrected chi connectivity index (χ3v) is 6.29. The van der Waals surface area contributed by atoms with Gasteiger partial charge in [0.1, 0.15) is 18.3 Å². The van der Waals surface area contributed by atoms with Gasteiger partial charge < -0.3 is 29.4 Å². The predicted octanol–water partition coefficient (Wildman–Crippen LogP) is 0.113. The molecule has 5 N–H and O–H groups in total. The van der Waals surface area contributed by atoms with Gasteiger partial charge in [-0.2, -0.15) is 8.62 Å². The number of hydrogen-bond donors (Lipinski definition) is 5. The Morgan fingerprint density at radius 3 is 2.00 bits per heavy atom. The van der Waals surface area contributed by atoms with Gasteiger partial charge in [0.25, 0.3) is 0 Å². The quantitative estimate of drug-likeness (QED) is 0.358. The lowest BCUT2D eigenvalue weighted by Gasteiger charge is -2.19. The van der Waals surface area contributed by atoms with Gasteiger partial charge in [-0.1, -0.05) is 0 Å². The first-order valence-electron chi connectivity index (χ1n) is 5.55. The Hall–Kier alpha value is 0.190. The van der Waals surface area contributed by atoms with Crippen LogP contribution in [0.5, 0.6) is 0 Å². The molecule has 17 heteroatoms. The summed E-state index contributed by atoms with van der Waals surface area (Å²) in [6, 6.07) is 0. The normalized spacial score (nSPS) is 33.1. The highest BCUT2D eigenvalue weighted by molar-refractivity contribution is 7.66. The zero-order valence-electron chi connectivity index (χ0n) is 11.1. The molecule has 5 atom stereocenters. The summed E-state index contributed by atoms with van der Waals surface area (Å²) in [4.78, 5) is 34.6. The second-order valence-electron chi connectivity index (χ2n) is 4.32. The Morgan fingerprint density at radius 1 is 1.09 bits per heavy atom. The molecule has 12 nitrogen and oxygen atoms in total. The van der Waals surface area contributed by atoms with E-state index in [-0.39, 0.29) is 0 Å². The molecule has 0 spiro atoms. The zero-order chi connectivity index (χ0) is 18.3. The topological polar surface area (TPSA) is 189 Å². The molecule has 1 aliphatic rings. The van der Waals surface area contributed by atoms with Crippen molar-refractivity contribution >= 4 is 23.5 Å². The standard InChI is InChI=1S/C6H13F2O12P3/c1-3-6(7,8)5(9)4(18-3)2-17-22(13,14)20-23(15,16)19-21(10,11)12/h3-5,9H,2H2,1H3,(H,13,14)(H,15,16)(H2,10,11,12)/t3-,4+,5-/m0/s1. The highest BCUT2D eigenvalue weighted by Gasteiger charge is 2.56. The van der Waals surface area contributed by atoms with Crippen molar-refractivity contribution in [1.29, 1.82) is 0 Å². The number of hydrogen-bond acceptors (Lipinski definition) is 8. The number of phosphoric ester groups is 1. The van der Waals surface area contributed by atoms with Crippen molar-refractivity contribution in [2.45, 2.75) is 31.2 Å². The first-order valence-corrected chi connectivity index (χ1v) is 10.1. The van der Waals surface area contributed by atoms with Crippen molar-refractivity contribution in [2.24, 2.45) is 0 Å². The van der Waals surface area contributed by atoms with Crippen LogP contribution in [-0.2, 0) is 31.6 Å². The maximum Gasteiger partial charge on any atom is 0.490 e. The van der Waals surface area contributed by atoms with Crippen LogP contribution >= 0.6 is 23.5 Å². The van der Waals surface area contributed by atoms with E-state index in [1.165, 1.54) is 0 Å². The minimum atomic E-state index is -5.70. The molecule has 0 amide bonds. The van der Waals surface area contributed by atoms with Crippen LogP contribution in [0.4, 0.5) is 8.78 Å². The molecule has 1 heterocycles. The first-order chi connectivity index (χ1) is 10.1. The Labute approximate surface area is 127 Å². The van der Waals surface area contributed by atoms with Crippen LogP contribution in [0, 0.1) is 0 Å². The predicted molar refractivity (Wildman–Crippen MR) is 65.1 cm³/mol. The third kappa shape index (κ3) is 6.20. The smallest absolute Gasteiger partial charge is 0.384 e. The lowest BCUT2D eigenvalue weighted by Crippen LogP contribution is -2.39. The summed E-state index contributed by atoms with van der Waals surface area (Å²) in [6.45, 7) is -0.223. The number of phosphoric acid groups is 3. The van der Waals surface area contributed by atoms with Crippen molar-refractivity contribution in [2.75, 3.05) is 6.61 Å².